The number of nitrogens with zero attached hydrogens (tertiary/aromatic N) is 1. The van der Waals surface area contributed by atoms with Gasteiger partial charge in [-0.25, -0.2) is 4.98 Å². The van der Waals surface area contributed by atoms with E-state index >= 15 is 0 Å². The van der Waals surface area contributed by atoms with Gasteiger partial charge in [-0.05, 0) is 77.6 Å². The number of rotatable bonds is 9. The topological polar surface area (TPSA) is 12.9 Å². The maximum Gasteiger partial charge on any atom is 0.0711 e. The third-order valence-corrected chi connectivity index (χ3v) is 6.10. The van der Waals surface area contributed by atoms with Gasteiger partial charge in [0, 0.05) is 5.39 Å². The average molecular weight is 422 g/mol. The molecule has 1 heteroatoms. The SMILES string of the molecule is C=C/C(CCC(C)c1cccc(/C=C/c2ccc3ccc(C)cc3n2)c1)=C(\C=C)C(C)C. The number of aromatic nitrogens is 1. The van der Waals surface area contributed by atoms with Gasteiger partial charge in [0.2, 0.25) is 0 Å². The Kier molecular flexibility index (Phi) is 8.00. The van der Waals surface area contributed by atoms with Gasteiger partial charge in [0.15, 0.2) is 0 Å². The van der Waals surface area contributed by atoms with Gasteiger partial charge in [0.05, 0.1) is 11.2 Å². The molecule has 0 aliphatic carbocycles. The molecule has 0 bridgehead atoms. The Bertz CT molecular complexity index is 1160. The van der Waals surface area contributed by atoms with Crippen LogP contribution in [-0.4, -0.2) is 4.98 Å². The van der Waals surface area contributed by atoms with E-state index in [1.807, 2.05) is 12.2 Å². The number of allylic oxidation sites excluding steroid dienone is 4. The van der Waals surface area contributed by atoms with Crippen LogP contribution in [0, 0.1) is 12.8 Å². The standard InChI is InChI=1S/C31H35N/c1-7-26(30(8-2)22(3)4)16-13-24(6)28-11-9-10-25(21-28)14-18-29-19-17-27-15-12-23(5)20-31(27)32-29/h7-12,14-15,17-22,24H,1-2,13,16H2,3-6H3/b18-14+,30-26-. The van der Waals surface area contributed by atoms with Gasteiger partial charge in [-0.3, -0.25) is 0 Å². The molecule has 2 aromatic carbocycles. The molecule has 3 aromatic rings. The van der Waals surface area contributed by atoms with Gasteiger partial charge in [0.25, 0.3) is 0 Å². The van der Waals surface area contributed by atoms with E-state index in [0.717, 1.165) is 24.1 Å². The predicted molar refractivity (Wildman–Crippen MR) is 142 cm³/mol. The Morgan fingerprint density at radius 2 is 1.72 bits per heavy atom. The van der Waals surface area contributed by atoms with Crippen molar-refractivity contribution >= 4 is 23.1 Å². The molecule has 0 amide bonds. The molecule has 0 saturated carbocycles. The largest absolute Gasteiger partial charge is 0.248 e. The summed E-state index contributed by atoms with van der Waals surface area (Å²) in [6.07, 6.45) is 10.3. The van der Waals surface area contributed by atoms with Gasteiger partial charge in [-0.15, -0.1) is 0 Å². The summed E-state index contributed by atoms with van der Waals surface area (Å²) < 4.78 is 0. The van der Waals surface area contributed by atoms with Gasteiger partial charge >= 0.3 is 0 Å². The highest BCUT2D eigenvalue weighted by atomic mass is 14.7. The van der Waals surface area contributed by atoms with Crippen molar-refractivity contribution in [2.75, 3.05) is 0 Å². The van der Waals surface area contributed by atoms with Crippen LogP contribution in [0.1, 0.15) is 61.9 Å². The Hall–Kier alpha value is -3.19. The van der Waals surface area contributed by atoms with Crippen molar-refractivity contribution in [3.05, 3.63) is 113 Å². The van der Waals surface area contributed by atoms with Crippen molar-refractivity contribution in [1.82, 2.24) is 4.98 Å². The summed E-state index contributed by atoms with van der Waals surface area (Å²) >= 11 is 0. The molecule has 0 spiro atoms. The number of fused-ring (bicyclic) bond motifs is 1. The second-order valence-corrected chi connectivity index (χ2v) is 8.92. The molecule has 1 nitrogen and oxygen atoms in total. The lowest BCUT2D eigenvalue weighted by atomic mass is 9.89. The van der Waals surface area contributed by atoms with Gasteiger partial charge in [-0.2, -0.15) is 0 Å². The molecule has 1 heterocycles. The van der Waals surface area contributed by atoms with Crippen LogP contribution in [0.2, 0.25) is 0 Å². The summed E-state index contributed by atoms with van der Waals surface area (Å²) in [6.45, 7) is 16.9. The Labute approximate surface area is 193 Å². The average Bonchev–Trinajstić information content (AvgIpc) is 2.79. The summed E-state index contributed by atoms with van der Waals surface area (Å²) in [5.41, 5.74) is 8.44. The zero-order valence-electron chi connectivity index (χ0n) is 19.9. The van der Waals surface area contributed by atoms with Gasteiger partial charge in [-0.1, -0.05) is 94.6 Å². The quantitative estimate of drug-likeness (QED) is 0.314. The van der Waals surface area contributed by atoms with E-state index in [4.69, 9.17) is 4.98 Å². The zero-order chi connectivity index (χ0) is 23.1. The molecule has 32 heavy (non-hydrogen) atoms. The lowest BCUT2D eigenvalue weighted by Crippen LogP contribution is -1.99. The van der Waals surface area contributed by atoms with Gasteiger partial charge < -0.3 is 0 Å². The molecule has 0 radical (unpaired) electrons. The predicted octanol–water partition coefficient (Wildman–Crippen LogP) is 8.92. The maximum absolute atomic E-state index is 4.80. The van der Waals surface area contributed by atoms with Crippen LogP contribution in [0.4, 0.5) is 0 Å². The molecule has 0 fully saturated rings. The van der Waals surface area contributed by atoms with Crippen molar-refractivity contribution < 1.29 is 0 Å². The molecular formula is C31H35N. The highest BCUT2D eigenvalue weighted by Crippen LogP contribution is 2.27. The molecule has 0 saturated heterocycles. The molecule has 0 aliphatic heterocycles. The lowest BCUT2D eigenvalue weighted by molar-refractivity contribution is 0.670. The van der Waals surface area contributed by atoms with Crippen molar-refractivity contribution in [2.45, 2.75) is 46.5 Å². The molecule has 3 rings (SSSR count). The van der Waals surface area contributed by atoms with E-state index in [-0.39, 0.29) is 0 Å². The molecular weight excluding hydrogens is 386 g/mol. The Morgan fingerprint density at radius 1 is 0.938 bits per heavy atom. The summed E-state index contributed by atoms with van der Waals surface area (Å²) in [6, 6.07) is 19.4. The highest BCUT2D eigenvalue weighted by molar-refractivity contribution is 5.81. The molecule has 164 valence electrons. The summed E-state index contributed by atoms with van der Waals surface area (Å²) in [7, 11) is 0. The molecule has 0 aliphatic rings. The summed E-state index contributed by atoms with van der Waals surface area (Å²) in [5.74, 6) is 0.940. The van der Waals surface area contributed by atoms with Crippen LogP contribution < -0.4 is 0 Å². The van der Waals surface area contributed by atoms with E-state index in [0.29, 0.717) is 11.8 Å². The first-order valence-corrected chi connectivity index (χ1v) is 11.5. The van der Waals surface area contributed by atoms with E-state index in [1.165, 1.54) is 33.2 Å². The van der Waals surface area contributed by atoms with Crippen LogP contribution in [-0.2, 0) is 0 Å². The second-order valence-electron chi connectivity index (χ2n) is 8.92. The van der Waals surface area contributed by atoms with E-state index in [1.54, 1.807) is 0 Å². The number of hydrogen-bond donors (Lipinski definition) is 0. The summed E-state index contributed by atoms with van der Waals surface area (Å²) in [5, 5.41) is 1.17. The minimum absolute atomic E-state index is 0.469. The second kappa shape index (κ2) is 10.9. The first-order valence-electron chi connectivity index (χ1n) is 11.5. The smallest absolute Gasteiger partial charge is 0.0711 e. The van der Waals surface area contributed by atoms with Crippen molar-refractivity contribution in [1.29, 1.82) is 0 Å². The fourth-order valence-corrected chi connectivity index (χ4v) is 4.13. The van der Waals surface area contributed by atoms with Crippen molar-refractivity contribution in [3.8, 4) is 0 Å². The van der Waals surface area contributed by atoms with Gasteiger partial charge in [0.1, 0.15) is 0 Å². The molecule has 1 atom stereocenters. The zero-order valence-corrected chi connectivity index (χ0v) is 19.9. The number of pyridine rings is 1. The van der Waals surface area contributed by atoms with E-state index < -0.39 is 0 Å². The Balaban J connectivity index is 1.73. The van der Waals surface area contributed by atoms with Crippen LogP contribution in [0.5, 0.6) is 0 Å². The number of hydrogen-bond acceptors (Lipinski definition) is 1. The normalized spacial score (nSPS) is 13.4. The van der Waals surface area contributed by atoms with Crippen LogP contribution in [0.25, 0.3) is 23.1 Å². The van der Waals surface area contributed by atoms with Crippen LogP contribution >= 0.6 is 0 Å². The number of benzene rings is 2. The lowest BCUT2D eigenvalue weighted by Gasteiger charge is -2.16. The number of aryl methyl sites for hydroxylation is 1. The van der Waals surface area contributed by atoms with Crippen molar-refractivity contribution in [2.24, 2.45) is 5.92 Å². The maximum atomic E-state index is 4.80. The molecule has 1 aromatic heterocycles. The van der Waals surface area contributed by atoms with Crippen molar-refractivity contribution in [3.63, 3.8) is 0 Å². The molecule has 0 N–H and O–H groups in total. The third kappa shape index (κ3) is 5.95. The van der Waals surface area contributed by atoms with Crippen LogP contribution in [0.3, 0.4) is 0 Å². The minimum atomic E-state index is 0.469. The summed E-state index contributed by atoms with van der Waals surface area (Å²) in [4.78, 5) is 4.80. The third-order valence-electron chi connectivity index (χ3n) is 6.10. The fraction of sp³-hybridized carbons (Fsp3) is 0.258. The monoisotopic (exact) mass is 421 g/mol. The van der Waals surface area contributed by atoms with Crippen LogP contribution in [0.15, 0.2) is 91.1 Å². The van der Waals surface area contributed by atoms with E-state index in [2.05, 4.69) is 108 Å². The fourth-order valence-electron chi connectivity index (χ4n) is 4.13. The van der Waals surface area contributed by atoms with E-state index in [9.17, 15) is 0 Å². The highest BCUT2D eigenvalue weighted by Gasteiger charge is 2.10. The first-order chi connectivity index (χ1) is 15.4. The molecule has 1 unspecified atom stereocenters. The Morgan fingerprint density at radius 3 is 2.44 bits per heavy atom. The first kappa shape index (κ1) is 23.5. The minimum Gasteiger partial charge on any atom is -0.248 e.